The third-order valence-corrected chi connectivity index (χ3v) is 6.47. The van der Waals surface area contributed by atoms with Crippen molar-refractivity contribution in [2.75, 3.05) is 30.9 Å². The first-order valence-electron chi connectivity index (χ1n) is 11.8. The molecule has 0 radical (unpaired) electrons. The van der Waals surface area contributed by atoms with E-state index in [0.717, 1.165) is 54.7 Å². The van der Waals surface area contributed by atoms with Gasteiger partial charge in [-0.05, 0) is 56.2 Å². The maximum atomic E-state index is 12.5. The number of rotatable bonds is 7. The highest BCUT2D eigenvalue weighted by Crippen LogP contribution is 2.30. The number of nitrogens with one attached hydrogen (secondary N) is 2. The van der Waals surface area contributed by atoms with Crippen LogP contribution < -0.4 is 15.5 Å². The highest BCUT2D eigenvalue weighted by molar-refractivity contribution is 5.97. The number of nitrogens with zero attached hydrogens (tertiary/aromatic N) is 2. The molecule has 1 aliphatic carbocycles. The normalized spacial score (nSPS) is 18.7. The van der Waals surface area contributed by atoms with Crippen LogP contribution in [0.3, 0.4) is 0 Å². The van der Waals surface area contributed by atoms with Crippen LogP contribution in [0.5, 0.6) is 0 Å². The summed E-state index contributed by atoms with van der Waals surface area (Å²) in [6, 6.07) is 20.8. The quantitative estimate of drug-likeness (QED) is 0.475. The van der Waals surface area contributed by atoms with Crippen LogP contribution in [0.25, 0.3) is 17.0 Å². The van der Waals surface area contributed by atoms with Crippen molar-refractivity contribution in [1.82, 2.24) is 10.3 Å². The Bertz CT molecular complexity index is 1120. The van der Waals surface area contributed by atoms with Crippen molar-refractivity contribution < 1.29 is 4.79 Å². The number of carbonyl (C=O) groups excluding carboxylic acids is 1. The second-order valence-corrected chi connectivity index (χ2v) is 9.25. The lowest BCUT2D eigenvalue weighted by Crippen LogP contribution is -2.34. The first kappa shape index (κ1) is 22.8. The Morgan fingerprint density at radius 1 is 1.03 bits per heavy atom. The fraction of sp³-hybridized carbons (Fsp3) is 0.357. The Morgan fingerprint density at radius 3 is 2.45 bits per heavy atom. The van der Waals surface area contributed by atoms with Crippen LogP contribution in [0.15, 0.2) is 66.2 Å². The van der Waals surface area contributed by atoms with E-state index in [1.807, 2.05) is 49.4 Å². The molecule has 33 heavy (non-hydrogen) atoms. The van der Waals surface area contributed by atoms with Gasteiger partial charge in [0.2, 0.25) is 5.91 Å². The Balaban J connectivity index is 1.29. The number of aromatic nitrogens is 1. The minimum atomic E-state index is 0.0238. The number of carbonyl (C=O) groups is 1. The number of para-hydroxylation sites is 1. The van der Waals surface area contributed by atoms with E-state index in [1.165, 1.54) is 11.1 Å². The van der Waals surface area contributed by atoms with Crippen molar-refractivity contribution in [3.05, 3.63) is 71.8 Å². The molecular formula is C28H34N4O. The van der Waals surface area contributed by atoms with Crippen LogP contribution >= 0.6 is 0 Å². The van der Waals surface area contributed by atoms with Gasteiger partial charge < -0.3 is 15.5 Å². The molecule has 2 N–H and O–H groups in total. The highest BCUT2D eigenvalue weighted by Gasteiger charge is 2.22. The van der Waals surface area contributed by atoms with Gasteiger partial charge in [-0.2, -0.15) is 0 Å². The first-order chi connectivity index (χ1) is 16.0. The predicted octanol–water partition coefficient (Wildman–Crippen LogP) is 5.49. The first-order valence-corrected chi connectivity index (χ1v) is 11.8. The van der Waals surface area contributed by atoms with Gasteiger partial charge in [0.15, 0.2) is 0 Å². The summed E-state index contributed by atoms with van der Waals surface area (Å²) in [5, 5.41) is 7.97. The minimum absolute atomic E-state index is 0.0238. The zero-order chi connectivity index (χ0) is 23.2. The van der Waals surface area contributed by atoms with Crippen molar-refractivity contribution >= 4 is 34.4 Å². The molecule has 0 saturated heterocycles. The molecule has 5 nitrogen and oxygen atoms in total. The molecule has 0 unspecified atom stereocenters. The van der Waals surface area contributed by atoms with E-state index < -0.39 is 0 Å². The predicted molar refractivity (Wildman–Crippen MR) is 139 cm³/mol. The number of hydrogen-bond acceptors (Lipinski definition) is 4. The molecule has 1 aliphatic rings. The van der Waals surface area contributed by atoms with Gasteiger partial charge in [0.1, 0.15) is 5.82 Å². The zero-order valence-corrected chi connectivity index (χ0v) is 19.8. The lowest BCUT2D eigenvalue weighted by molar-refractivity contribution is -0.117. The van der Waals surface area contributed by atoms with E-state index in [1.54, 1.807) is 0 Å². The molecule has 1 aromatic heterocycles. The SMILES string of the molecule is C/C(=C\c1ccccc1)C(=O)NCC1CCC(Nc2cc(N(C)C)c3ccccc3n2)CC1. The van der Waals surface area contributed by atoms with Crippen LogP contribution in [-0.4, -0.2) is 37.6 Å². The minimum Gasteiger partial charge on any atom is -0.377 e. The van der Waals surface area contributed by atoms with Gasteiger partial charge in [0, 0.05) is 49.4 Å². The Kier molecular flexibility index (Phi) is 7.28. The summed E-state index contributed by atoms with van der Waals surface area (Å²) in [6.45, 7) is 2.62. The number of amides is 1. The molecule has 0 atom stereocenters. The monoisotopic (exact) mass is 442 g/mol. The summed E-state index contributed by atoms with van der Waals surface area (Å²) in [7, 11) is 4.14. The summed E-state index contributed by atoms with van der Waals surface area (Å²) in [5.74, 6) is 1.49. The third kappa shape index (κ3) is 5.92. The third-order valence-electron chi connectivity index (χ3n) is 6.47. The van der Waals surface area contributed by atoms with Crippen molar-refractivity contribution in [2.45, 2.75) is 38.6 Å². The van der Waals surface area contributed by atoms with Gasteiger partial charge in [-0.15, -0.1) is 0 Å². The summed E-state index contributed by atoms with van der Waals surface area (Å²) < 4.78 is 0. The second-order valence-electron chi connectivity index (χ2n) is 9.25. The van der Waals surface area contributed by atoms with Crippen molar-refractivity contribution in [2.24, 2.45) is 5.92 Å². The standard InChI is InChI=1S/C28H34N4O/c1-20(17-21-9-5-4-6-10-21)28(33)29-19-22-13-15-23(16-14-22)30-27-18-26(32(2)3)24-11-7-8-12-25(24)31-27/h4-12,17-18,22-23H,13-16,19H2,1-3H3,(H,29,33)(H,30,31)/b20-17+. The van der Waals surface area contributed by atoms with Gasteiger partial charge in [0.05, 0.1) is 5.52 Å². The Morgan fingerprint density at radius 2 is 1.73 bits per heavy atom. The maximum absolute atomic E-state index is 12.5. The zero-order valence-electron chi connectivity index (χ0n) is 19.8. The fourth-order valence-electron chi connectivity index (χ4n) is 4.56. The number of fused-ring (bicyclic) bond motifs is 1. The van der Waals surface area contributed by atoms with E-state index in [9.17, 15) is 4.79 Å². The molecule has 1 amide bonds. The number of hydrogen-bond donors (Lipinski definition) is 2. The lowest BCUT2D eigenvalue weighted by Gasteiger charge is -2.30. The van der Waals surface area contributed by atoms with E-state index >= 15 is 0 Å². The molecule has 1 saturated carbocycles. The van der Waals surface area contributed by atoms with Crippen LogP contribution in [0.1, 0.15) is 38.2 Å². The highest BCUT2D eigenvalue weighted by atomic mass is 16.1. The van der Waals surface area contributed by atoms with E-state index in [4.69, 9.17) is 4.98 Å². The summed E-state index contributed by atoms with van der Waals surface area (Å²) in [5.41, 5.74) is 3.99. The fourth-order valence-corrected chi connectivity index (χ4v) is 4.56. The largest absolute Gasteiger partial charge is 0.377 e. The summed E-state index contributed by atoms with van der Waals surface area (Å²) in [6.07, 6.45) is 6.33. The molecule has 0 aliphatic heterocycles. The van der Waals surface area contributed by atoms with E-state index in [0.29, 0.717) is 12.0 Å². The molecule has 0 spiro atoms. The van der Waals surface area contributed by atoms with Gasteiger partial charge in [-0.1, -0.05) is 48.5 Å². The van der Waals surface area contributed by atoms with Crippen molar-refractivity contribution in [1.29, 1.82) is 0 Å². The molecule has 0 bridgehead atoms. The van der Waals surface area contributed by atoms with Crippen LogP contribution in [0.4, 0.5) is 11.5 Å². The van der Waals surface area contributed by atoms with Crippen LogP contribution in [0.2, 0.25) is 0 Å². The molecule has 3 aromatic rings. The maximum Gasteiger partial charge on any atom is 0.246 e. The Labute approximate surface area is 196 Å². The molecule has 4 rings (SSSR count). The second kappa shape index (κ2) is 10.5. The molecule has 1 fully saturated rings. The summed E-state index contributed by atoms with van der Waals surface area (Å²) >= 11 is 0. The Hall–Kier alpha value is -3.34. The van der Waals surface area contributed by atoms with Crippen LogP contribution in [0, 0.1) is 5.92 Å². The number of benzene rings is 2. The average molecular weight is 443 g/mol. The number of anilines is 2. The van der Waals surface area contributed by atoms with Gasteiger partial charge in [0.25, 0.3) is 0 Å². The molecule has 1 heterocycles. The van der Waals surface area contributed by atoms with E-state index in [2.05, 4.69) is 53.9 Å². The molecular weight excluding hydrogens is 408 g/mol. The number of pyridine rings is 1. The lowest BCUT2D eigenvalue weighted by atomic mass is 9.86. The smallest absolute Gasteiger partial charge is 0.246 e. The van der Waals surface area contributed by atoms with Crippen molar-refractivity contribution in [3.8, 4) is 0 Å². The van der Waals surface area contributed by atoms with Crippen molar-refractivity contribution in [3.63, 3.8) is 0 Å². The topological polar surface area (TPSA) is 57.3 Å². The van der Waals surface area contributed by atoms with Gasteiger partial charge in [-0.3, -0.25) is 4.79 Å². The van der Waals surface area contributed by atoms with Gasteiger partial charge >= 0.3 is 0 Å². The van der Waals surface area contributed by atoms with Gasteiger partial charge in [-0.25, -0.2) is 4.98 Å². The van der Waals surface area contributed by atoms with E-state index in [-0.39, 0.29) is 5.91 Å². The summed E-state index contributed by atoms with van der Waals surface area (Å²) in [4.78, 5) is 19.5. The molecule has 2 aromatic carbocycles. The molecule has 172 valence electrons. The average Bonchev–Trinajstić information content (AvgIpc) is 2.83. The van der Waals surface area contributed by atoms with Crippen LogP contribution in [-0.2, 0) is 4.79 Å². The molecule has 5 heteroatoms.